The van der Waals surface area contributed by atoms with E-state index in [1.165, 1.54) is 12.1 Å². The molecule has 2 rings (SSSR count). The maximum atomic E-state index is 11.1. The van der Waals surface area contributed by atoms with Gasteiger partial charge in [0.2, 0.25) is 0 Å². The van der Waals surface area contributed by atoms with E-state index in [0.717, 1.165) is 0 Å². The molecule has 1 amide bonds. The van der Waals surface area contributed by atoms with Crippen molar-refractivity contribution in [1.29, 1.82) is 0 Å². The summed E-state index contributed by atoms with van der Waals surface area (Å²) < 4.78 is 24.2. The molecule has 0 bridgehead atoms. The fraction of sp³-hybridized carbons (Fsp3) is 0. The number of carbonyl (C=O) groups excluding carboxylic acids is 1. The average Bonchev–Trinajstić information content (AvgIpc) is 2.25. The number of hydrogen-bond acceptors (Lipinski definition) is 3. The van der Waals surface area contributed by atoms with Gasteiger partial charge in [-0.15, -0.1) is 0 Å². The Kier molecular flexibility index (Phi) is 2.45. The van der Waals surface area contributed by atoms with Gasteiger partial charge >= 0.3 is 0 Å². The predicted molar refractivity (Wildman–Crippen MR) is 41.1 cm³/mol. The van der Waals surface area contributed by atoms with Gasteiger partial charge in [0.1, 0.15) is 4.90 Å². The van der Waals surface area contributed by atoms with E-state index >= 15 is 0 Å². The van der Waals surface area contributed by atoms with Crippen LogP contribution in [0.4, 0.5) is 0 Å². The molecule has 0 unspecified atom stereocenters. The van der Waals surface area contributed by atoms with E-state index in [-0.39, 0.29) is 27.0 Å². The molecule has 0 atom stereocenters. The van der Waals surface area contributed by atoms with Crippen molar-refractivity contribution >= 4 is 15.9 Å². The Labute approximate surface area is 85.3 Å². The Bertz CT molecular complexity index is 455. The first-order valence-electron chi connectivity index (χ1n) is 3.27. The van der Waals surface area contributed by atoms with Crippen molar-refractivity contribution in [3.8, 4) is 0 Å². The van der Waals surface area contributed by atoms with Gasteiger partial charge in [-0.3, -0.25) is 4.79 Å². The van der Waals surface area contributed by atoms with Crippen LogP contribution in [0.25, 0.3) is 0 Å². The molecule has 0 aromatic heterocycles. The Morgan fingerprint density at radius 2 is 1.77 bits per heavy atom. The molecule has 0 radical (unpaired) electrons. The molecular weight excluding hydrogens is 237 g/mol. The average molecular weight is 242 g/mol. The molecule has 0 spiro atoms. The summed E-state index contributed by atoms with van der Waals surface area (Å²) in [6.07, 6.45) is 0. The van der Waals surface area contributed by atoms with Crippen LogP contribution in [0.1, 0.15) is 10.4 Å². The molecule has 0 saturated heterocycles. The van der Waals surface area contributed by atoms with Crippen molar-refractivity contribution in [2.75, 3.05) is 0 Å². The van der Waals surface area contributed by atoms with Crippen LogP contribution in [0.2, 0.25) is 0 Å². The number of fused-ring (bicyclic) bond motifs is 1. The first-order valence-corrected chi connectivity index (χ1v) is 4.76. The molecule has 1 aromatic rings. The van der Waals surface area contributed by atoms with Crippen LogP contribution in [0, 0.1) is 0 Å². The quantitative estimate of drug-likeness (QED) is 0.657. The van der Waals surface area contributed by atoms with Crippen LogP contribution in [0.15, 0.2) is 29.2 Å². The number of sulfonamides is 1. The first-order chi connectivity index (χ1) is 5.61. The molecule has 1 aliphatic heterocycles. The smallest absolute Gasteiger partial charge is 0.266 e. The summed E-state index contributed by atoms with van der Waals surface area (Å²) in [5, 5.41) is 0. The van der Waals surface area contributed by atoms with Gasteiger partial charge in [0.05, 0.1) is 5.56 Å². The molecule has 6 heteroatoms. The molecule has 72 valence electrons. The Morgan fingerprint density at radius 1 is 1.15 bits per heavy atom. The molecule has 0 saturated carbocycles. The maximum Gasteiger partial charge on any atom is 0.266 e. The van der Waals surface area contributed by atoms with Crippen molar-refractivity contribution < 1.29 is 29.7 Å². The first kappa shape index (κ1) is 10.2. The Hall–Kier alpha value is -0.866. The fourth-order valence-electron chi connectivity index (χ4n) is 1.12. The zero-order valence-electron chi connectivity index (χ0n) is 6.26. The second kappa shape index (κ2) is 3.12. The van der Waals surface area contributed by atoms with E-state index in [2.05, 4.69) is 0 Å². The van der Waals surface area contributed by atoms with Crippen LogP contribution in [0.3, 0.4) is 0 Å². The van der Waals surface area contributed by atoms with E-state index in [1.54, 1.807) is 12.1 Å². The van der Waals surface area contributed by atoms with Crippen LogP contribution in [0.5, 0.6) is 0 Å². The van der Waals surface area contributed by atoms with Gasteiger partial charge in [-0.05, 0) is 12.1 Å². The molecular formula is C7H5NNiO3S. The Balaban J connectivity index is 0.000000845. The second-order valence-corrected chi connectivity index (χ2v) is 4.08. The summed E-state index contributed by atoms with van der Waals surface area (Å²) in [5.74, 6) is -0.550. The standard InChI is InChI=1S/C7H5NO3S.Ni/c9-7-5-3-1-2-4-6(5)12(10,11)8-7;/h1-4H,(H,8,9);. The van der Waals surface area contributed by atoms with E-state index in [9.17, 15) is 13.2 Å². The van der Waals surface area contributed by atoms with Gasteiger partial charge in [-0.25, -0.2) is 13.1 Å². The summed E-state index contributed by atoms with van der Waals surface area (Å²) >= 11 is 0. The summed E-state index contributed by atoms with van der Waals surface area (Å²) in [6.45, 7) is 0. The topological polar surface area (TPSA) is 63.2 Å². The van der Waals surface area contributed by atoms with Crippen molar-refractivity contribution in [2.24, 2.45) is 0 Å². The maximum absolute atomic E-state index is 11.1. The fourth-order valence-corrected chi connectivity index (χ4v) is 2.29. The third kappa shape index (κ3) is 1.47. The zero-order chi connectivity index (χ0) is 8.77. The molecule has 0 aliphatic carbocycles. The second-order valence-electron chi connectivity index (χ2n) is 2.43. The predicted octanol–water partition coefficient (Wildman–Crippen LogP) is 0.116. The minimum absolute atomic E-state index is 0. The molecule has 4 nitrogen and oxygen atoms in total. The van der Waals surface area contributed by atoms with Crippen molar-refractivity contribution in [2.45, 2.75) is 4.90 Å². The van der Waals surface area contributed by atoms with Crippen molar-refractivity contribution in [3.05, 3.63) is 29.8 Å². The van der Waals surface area contributed by atoms with Crippen LogP contribution in [-0.2, 0) is 26.5 Å². The summed E-state index contributed by atoms with van der Waals surface area (Å²) in [5.41, 5.74) is 0.220. The van der Waals surface area contributed by atoms with Gasteiger partial charge in [-0.1, -0.05) is 12.1 Å². The Morgan fingerprint density at radius 3 is 2.38 bits per heavy atom. The molecule has 13 heavy (non-hydrogen) atoms. The number of benzene rings is 1. The summed E-state index contributed by atoms with van der Waals surface area (Å²) in [6, 6.07) is 6.09. The van der Waals surface area contributed by atoms with Crippen molar-refractivity contribution in [3.63, 3.8) is 0 Å². The van der Waals surface area contributed by atoms with E-state index in [1.807, 2.05) is 4.72 Å². The number of carbonyl (C=O) groups is 1. The number of nitrogens with one attached hydrogen (secondary N) is 1. The zero-order valence-corrected chi connectivity index (χ0v) is 8.06. The SMILES string of the molecule is O=C1NS(=O)(=O)c2ccccc21.[Ni]. The van der Waals surface area contributed by atoms with Gasteiger partial charge in [0.25, 0.3) is 15.9 Å². The minimum Gasteiger partial charge on any atom is -0.268 e. The molecule has 1 heterocycles. The number of rotatable bonds is 0. The third-order valence-corrected chi connectivity index (χ3v) is 3.04. The molecule has 0 fully saturated rings. The summed E-state index contributed by atoms with van der Waals surface area (Å²) in [7, 11) is -3.55. The van der Waals surface area contributed by atoms with E-state index in [4.69, 9.17) is 0 Å². The number of hydrogen-bond donors (Lipinski definition) is 1. The monoisotopic (exact) mass is 241 g/mol. The van der Waals surface area contributed by atoms with Gasteiger partial charge in [0.15, 0.2) is 0 Å². The number of amides is 1. The normalized spacial score (nSPS) is 17.1. The largest absolute Gasteiger partial charge is 0.268 e. The minimum atomic E-state index is -3.55. The molecule has 1 aromatic carbocycles. The van der Waals surface area contributed by atoms with Gasteiger partial charge in [0, 0.05) is 16.5 Å². The van der Waals surface area contributed by atoms with Crippen LogP contribution >= 0.6 is 0 Å². The van der Waals surface area contributed by atoms with Gasteiger partial charge < -0.3 is 0 Å². The molecule has 1 N–H and O–H groups in total. The van der Waals surface area contributed by atoms with E-state index in [0.29, 0.717) is 0 Å². The van der Waals surface area contributed by atoms with E-state index < -0.39 is 15.9 Å². The summed E-state index contributed by atoms with van der Waals surface area (Å²) in [4.78, 5) is 11.1. The van der Waals surface area contributed by atoms with Crippen LogP contribution in [-0.4, -0.2) is 14.3 Å². The molecule has 1 aliphatic rings. The van der Waals surface area contributed by atoms with Crippen LogP contribution < -0.4 is 4.72 Å². The van der Waals surface area contributed by atoms with Crippen molar-refractivity contribution in [1.82, 2.24) is 4.72 Å². The third-order valence-electron chi connectivity index (χ3n) is 1.65. The van der Waals surface area contributed by atoms with Gasteiger partial charge in [-0.2, -0.15) is 0 Å².